The van der Waals surface area contributed by atoms with E-state index in [1.807, 2.05) is 26.0 Å². The lowest BCUT2D eigenvalue weighted by Gasteiger charge is -2.27. The standard InChI is InChI=1S/C19H24N4O3/c1-13-8-14(2)10-16(9-13)21-19-20-15(3)11-17(24)23(19)12-18(25)22-4-6-26-7-5-22/h8-11H,4-7,12H2,1-3H3,(H,20,21). The molecule has 1 aliphatic rings. The molecule has 1 fully saturated rings. The van der Waals surface area contributed by atoms with Crippen molar-refractivity contribution >= 4 is 17.5 Å². The Morgan fingerprint density at radius 3 is 2.42 bits per heavy atom. The Morgan fingerprint density at radius 1 is 1.12 bits per heavy atom. The zero-order chi connectivity index (χ0) is 18.7. The molecule has 1 N–H and O–H groups in total. The molecule has 1 saturated heterocycles. The van der Waals surface area contributed by atoms with Crippen molar-refractivity contribution < 1.29 is 9.53 Å². The highest BCUT2D eigenvalue weighted by atomic mass is 16.5. The second kappa shape index (κ2) is 7.70. The number of aryl methyl sites for hydroxylation is 3. The highest BCUT2D eigenvalue weighted by Crippen LogP contribution is 2.18. The molecule has 3 rings (SSSR count). The number of ether oxygens (including phenoxy) is 1. The van der Waals surface area contributed by atoms with Crippen LogP contribution in [0.5, 0.6) is 0 Å². The van der Waals surface area contributed by atoms with Gasteiger partial charge in [-0.1, -0.05) is 6.07 Å². The molecule has 7 heteroatoms. The van der Waals surface area contributed by atoms with Crippen LogP contribution in [0, 0.1) is 20.8 Å². The van der Waals surface area contributed by atoms with E-state index in [1.54, 1.807) is 11.8 Å². The van der Waals surface area contributed by atoms with E-state index in [0.717, 1.165) is 16.8 Å². The van der Waals surface area contributed by atoms with E-state index >= 15 is 0 Å². The highest BCUT2D eigenvalue weighted by molar-refractivity contribution is 5.76. The topological polar surface area (TPSA) is 76.5 Å². The van der Waals surface area contributed by atoms with E-state index in [0.29, 0.717) is 37.9 Å². The van der Waals surface area contributed by atoms with Crippen molar-refractivity contribution in [1.29, 1.82) is 0 Å². The molecule has 0 saturated carbocycles. The maximum Gasteiger partial charge on any atom is 0.255 e. The number of carbonyl (C=O) groups is 1. The molecular weight excluding hydrogens is 332 g/mol. The molecule has 1 aliphatic heterocycles. The predicted molar refractivity (Wildman–Crippen MR) is 99.8 cm³/mol. The molecular formula is C19H24N4O3. The number of anilines is 2. The van der Waals surface area contributed by atoms with Crippen molar-refractivity contribution in [2.24, 2.45) is 0 Å². The first-order chi connectivity index (χ1) is 12.4. The summed E-state index contributed by atoms with van der Waals surface area (Å²) in [5.74, 6) is 0.270. The van der Waals surface area contributed by atoms with Crippen LogP contribution in [0.2, 0.25) is 0 Å². The number of nitrogens with zero attached hydrogens (tertiary/aromatic N) is 3. The van der Waals surface area contributed by atoms with Gasteiger partial charge in [0, 0.05) is 30.5 Å². The lowest BCUT2D eigenvalue weighted by molar-refractivity contribution is -0.135. The monoisotopic (exact) mass is 356 g/mol. The fraction of sp³-hybridized carbons (Fsp3) is 0.421. The van der Waals surface area contributed by atoms with Crippen LogP contribution in [0.15, 0.2) is 29.1 Å². The van der Waals surface area contributed by atoms with E-state index in [2.05, 4.69) is 16.4 Å². The van der Waals surface area contributed by atoms with Gasteiger partial charge in [0.15, 0.2) is 0 Å². The van der Waals surface area contributed by atoms with Gasteiger partial charge in [0.25, 0.3) is 5.56 Å². The summed E-state index contributed by atoms with van der Waals surface area (Å²) >= 11 is 0. The van der Waals surface area contributed by atoms with Crippen LogP contribution >= 0.6 is 0 Å². The fourth-order valence-corrected chi connectivity index (χ4v) is 3.09. The van der Waals surface area contributed by atoms with Crippen LogP contribution in [-0.2, 0) is 16.1 Å². The maximum absolute atomic E-state index is 12.6. The molecule has 0 atom stereocenters. The fourth-order valence-electron chi connectivity index (χ4n) is 3.09. The van der Waals surface area contributed by atoms with E-state index in [-0.39, 0.29) is 18.0 Å². The second-order valence-corrected chi connectivity index (χ2v) is 6.64. The first kappa shape index (κ1) is 18.1. The molecule has 1 aromatic heterocycles. The SMILES string of the molecule is Cc1cc(C)cc(Nc2nc(C)cc(=O)n2CC(=O)N2CCOCC2)c1. The van der Waals surface area contributed by atoms with Gasteiger partial charge in [-0.2, -0.15) is 0 Å². The molecule has 0 bridgehead atoms. The van der Waals surface area contributed by atoms with Gasteiger partial charge in [-0.05, 0) is 44.0 Å². The Kier molecular flexibility index (Phi) is 5.37. The Hall–Kier alpha value is -2.67. The summed E-state index contributed by atoms with van der Waals surface area (Å²) in [5.41, 5.74) is 3.42. The highest BCUT2D eigenvalue weighted by Gasteiger charge is 2.19. The number of hydrogen-bond donors (Lipinski definition) is 1. The van der Waals surface area contributed by atoms with E-state index < -0.39 is 0 Å². The Labute approximate surface area is 152 Å². The first-order valence-corrected chi connectivity index (χ1v) is 8.72. The number of amides is 1. The van der Waals surface area contributed by atoms with Gasteiger partial charge in [-0.3, -0.25) is 14.2 Å². The third kappa shape index (κ3) is 4.29. The Bertz CT molecular complexity index is 849. The zero-order valence-electron chi connectivity index (χ0n) is 15.4. The number of morpholine rings is 1. The smallest absolute Gasteiger partial charge is 0.255 e. The molecule has 1 amide bonds. The summed E-state index contributed by atoms with van der Waals surface area (Å²) in [4.78, 5) is 31.2. The summed E-state index contributed by atoms with van der Waals surface area (Å²) < 4.78 is 6.67. The Morgan fingerprint density at radius 2 is 1.77 bits per heavy atom. The minimum absolute atomic E-state index is 0.0424. The van der Waals surface area contributed by atoms with Crippen molar-refractivity contribution in [3.05, 3.63) is 51.4 Å². The van der Waals surface area contributed by atoms with Crippen LogP contribution in [0.1, 0.15) is 16.8 Å². The molecule has 0 radical (unpaired) electrons. The normalized spacial score (nSPS) is 14.3. The van der Waals surface area contributed by atoms with Crippen LogP contribution in [-0.4, -0.2) is 46.7 Å². The quantitative estimate of drug-likeness (QED) is 0.904. The zero-order valence-corrected chi connectivity index (χ0v) is 15.4. The molecule has 1 aromatic carbocycles. The van der Waals surface area contributed by atoms with Crippen LogP contribution in [0.25, 0.3) is 0 Å². The van der Waals surface area contributed by atoms with Crippen molar-refractivity contribution in [3.8, 4) is 0 Å². The second-order valence-electron chi connectivity index (χ2n) is 6.64. The predicted octanol–water partition coefficient (Wildman–Crippen LogP) is 1.77. The number of aromatic nitrogens is 2. The number of benzene rings is 1. The van der Waals surface area contributed by atoms with Gasteiger partial charge in [0.2, 0.25) is 11.9 Å². The van der Waals surface area contributed by atoms with Gasteiger partial charge in [0.1, 0.15) is 6.54 Å². The summed E-state index contributed by atoms with van der Waals surface area (Å²) in [6.07, 6.45) is 0. The number of carbonyl (C=O) groups excluding carboxylic acids is 1. The first-order valence-electron chi connectivity index (χ1n) is 8.72. The van der Waals surface area contributed by atoms with Gasteiger partial charge < -0.3 is 15.0 Å². The molecule has 26 heavy (non-hydrogen) atoms. The molecule has 2 aromatic rings. The minimum atomic E-state index is -0.244. The summed E-state index contributed by atoms with van der Waals surface area (Å²) in [6, 6.07) is 7.48. The van der Waals surface area contributed by atoms with Gasteiger partial charge >= 0.3 is 0 Å². The van der Waals surface area contributed by atoms with E-state index in [1.165, 1.54) is 10.6 Å². The summed E-state index contributed by atoms with van der Waals surface area (Å²) in [7, 11) is 0. The average molecular weight is 356 g/mol. The summed E-state index contributed by atoms with van der Waals surface area (Å²) in [6.45, 7) is 7.90. The third-order valence-electron chi connectivity index (χ3n) is 4.27. The number of rotatable bonds is 4. The molecule has 7 nitrogen and oxygen atoms in total. The van der Waals surface area contributed by atoms with Crippen LogP contribution in [0.3, 0.4) is 0 Å². The van der Waals surface area contributed by atoms with Crippen molar-refractivity contribution in [3.63, 3.8) is 0 Å². The van der Waals surface area contributed by atoms with Crippen LogP contribution in [0.4, 0.5) is 11.6 Å². The van der Waals surface area contributed by atoms with E-state index in [4.69, 9.17) is 4.74 Å². The van der Waals surface area contributed by atoms with Crippen molar-refractivity contribution in [2.75, 3.05) is 31.6 Å². The lowest BCUT2D eigenvalue weighted by atomic mass is 10.1. The van der Waals surface area contributed by atoms with Gasteiger partial charge in [0.05, 0.1) is 13.2 Å². The molecule has 2 heterocycles. The van der Waals surface area contributed by atoms with Crippen molar-refractivity contribution in [2.45, 2.75) is 27.3 Å². The molecule has 138 valence electrons. The summed E-state index contributed by atoms with van der Waals surface area (Å²) in [5, 5.41) is 3.20. The largest absolute Gasteiger partial charge is 0.378 e. The van der Waals surface area contributed by atoms with Crippen LogP contribution < -0.4 is 10.9 Å². The molecule has 0 aliphatic carbocycles. The lowest BCUT2D eigenvalue weighted by Crippen LogP contribution is -2.43. The van der Waals surface area contributed by atoms with E-state index in [9.17, 15) is 9.59 Å². The minimum Gasteiger partial charge on any atom is -0.378 e. The van der Waals surface area contributed by atoms with Crippen molar-refractivity contribution in [1.82, 2.24) is 14.5 Å². The average Bonchev–Trinajstić information content (AvgIpc) is 2.57. The number of nitrogens with one attached hydrogen (secondary N) is 1. The third-order valence-corrected chi connectivity index (χ3v) is 4.27. The molecule has 0 spiro atoms. The Balaban J connectivity index is 1.89. The van der Waals surface area contributed by atoms with Gasteiger partial charge in [-0.25, -0.2) is 4.98 Å². The van der Waals surface area contributed by atoms with Gasteiger partial charge in [-0.15, -0.1) is 0 Å². The molecule has 0 unspecified atom stereocenters. The number of hydrogen-bond acceptors (Lipinski definition) is 5. The maximum atomic E-state index is 12.6.